The number of rotatable bonds is 3. The van der Waals surface area contributed by atoms with Crippen LogP contribution in [0.15, 0.2) is 17.5 Å². The number of carbonyl (C=O) groups excluding carboxylic acids is 2. The lowest BCUT2D eigenvalue weighted by atomic mass is 10.0. The van der Waals surface area contributed by atoms with E-state index in [0.717, 1.165) is 6.07 Å². The highest BCUT2D eigenvalue weighted by atomic mass is 32.1. The Morgan fingerprint density at radius 1 is 1.31 bits per heavy atom. The Kier molecular flexibility index (Phi) is 4.31. The molecule has 0 radical (unpaired) electrons. The van der Waals surface area contributed by atoms with E-state index < -0.39 is 11.6 Å². The van der Waals surface area contributed by atoms with Crippen molar-refractivity contribution in [3.63, 3.8) is 0 Å². The summed E-state index contributed by atoms with van der Waals surface area (Å²) in [5, 5.41) is 4.97. The molecule has 1 aromatic carbocycles. The molecule has 1 N–H and O–H groups in total. The summed E-state index contributed by atoms with van der Waals surface area (Å²) in [6, 6.07) is 1.85. The fraction of sp³-hybridized carbons (Fsp3) is 0.353. The Morgan fingerprint density at radius 3 is 2.92 bits per heavy atom. The second-order valence-electron chi connectivity index (χ2n) is 6.22. The first-order valence-corrected chi connectivity index (χ1v) is 9.19. The zero-order valence-electron chi connectivity index (χ0n) is 13.8. The maximum absolute atomic E-state index is 14.0. The van der Waals surface area contributed by atoms with E-state index in [1.165, 1.54) is 27.2 Å². The van der Waals surface area contributed by atoms with E-state index in [2.05, 4.69) is 10.3 Å². The molecular formula is C17H16F2N4O2S. The molecule has 2 aromatic rings. The molecule has 26 heavy (non-hydrogen) atoms. The van der Waals surface area contributed by atoms with E-state index in [1.807, 2.05) is 0 Å². The van der Waals surface area contributed by atoms with Crippen molar-refractivity contribution in [3.8, 4) is 0 Å². The standard InChI is InChI=1S/C17H16F2N4O2S/c18-10-6-13(19)12-2-1-4-22(14(12)7-10)15(24)8-11-9-26-17(21-11)23-5-3-20-16(23)25/h6-7,9H,1-5,8H2,(H,20,25). The molecule has 0 unspecified atom stereocenters. The minimum atomic E-state index is -0.697. The zero-order valence-corrected chi connectivity index (χ0v) is 14.6. The van der Waals surface area contributed by atoms with Crippen LogP contribution in [-0.4, -0.2) is 36.6 Å². The SMILES string of the molecule is O=C1NCCN1c1nc(CC(=O)N2CCCc3c(F)cc(F)cc32)cs1. The highest BCUT2D eigenvalue weighted by Crippen LogP contribution is 2.31. The van der Waals surface area contributed by atoms with Crippen molar-refractivity contribution in [2.24, 2.45) is 0 Å². The number of anilines is 2. The molecule has 0 aliphatic carbocycles. The van der Waals surface area contributed by atoms with Crippen molar-refractivity contribution in [3.05, 3.63) is 40.4 Å². The second kappa shape index (κ2) is 6.64. The predicted molar refractivity (Wildman–Crippen MR) is 93.6 cm³/mol. The molecule has 2 aliphatic rings. The normalized spacial score (nSPS) is 16.6. The van der Waals surface area contributed by atoms with Gasteiger partial charge < -0.3 is 10.2 Å². The Balaban J connectivity index is 1.53. The molecule has 0 saturated carbocycles. The van der Waals surface area contributed by atoms with Gasteiger partial charge in [0.1, 0.15) is 11.6 Å². The lowest BCUT2D eigenvalue weighted by molar-refractivity contribution is -0.118. The topological polar surface area (TPSA) is 65.5 Å². The molecule has 3 amide bonds. The molecule has 2 aliphatic heterocycles. The smallest absolute Gasteiger partial charge is 0.323 e. The van der Waals surface area contributed by atoms with Gasteiger partial charge in [-0.3, -0.25) is 9.69 Å². The van der Waals surface area contributed by atoms with Crippen molar-refractivity contribution in [2.75, 3.05) is 29.4 Å². The monoisotopic (exact) mass is 378 g/mol. The van der Waals surface area contributed by atoms with Gasteiger partial charge in [-0.1, -0.05) is 0 Å². The van der Waals surface area contributed by atoms with E-state index in [4.69, 9.17) is 0 Å². The zero-order chi connectivity index (χ0) is 18.3. The number of nitrogens with zero attached hydrogens (tertiary/aromatic N) is 3. The van der Waals surface area contributed by atoms with Gasteiger partial charge in [0, 0.05) is 36.6 Å². The van der Waals surface area contributed by atoms with E-state index in [0.29, 0.717) is 54.6 Å². The van der Waals surface area contributed by atoms with Crippen molar-refractivity contribution in [2.45, 2.75) is 19.3 Å². The first kappa shape index (κ1) is 16.9. The highest BCUT2D eigenvalue weighted by Gasteiger charge is 2.27. The molecule has 9 heteroatoms. The number of hydrogen-bond acceptors (Lipinski definition) is 4. The summed E-state index contributed by atoms with van der Waals surface area (Å²) in [5.41, 5.74) is 1.21. The van der Waals surface area contributed by atoms with Gasteiger partial charge in [0.2, 0.25) is 5.91 Å². The number of urea groups is 1. The third kappa shape index (κ3) is 3.03. The number of hydrogen-bond donors (Lipinski definition) is 1. The van der Waals surface area contributed by atoms with E-state index in [-0.39, 0.29) is 18.4 Å². The number of aromatic nitrogens is 1. The van der Waals surface area contributed by atoms with Crippen LogP contribution in [0, 0.1) is 11.6 Å². The first-order valence-electron chi connectivity index (χ1n) is 8.31. The lowest BCUT2D eigenvalue weighted by Gasteiger charge is -2.29. The summed E-state index contributed by atoms with van der Waals surface area (Å²) < 4.78 is 27.6. The van der Waals surface area contributed by atoms with Gasteiger partial charge in [0.05, 0.1) is 17.8 Å². The average molecular weight is 378 g/mol. The van der Waals surface area contributed by atoms with E-state index in [1.54, 1.807) is 5.38 Å². The predicted octanol–water partition coefficient (Wildman–Crippen LogP) is 2.47. The Labute approximate surface area is 152 Å². The van der Waals surface area contributed by atoms with Crippen LogP contribution in [0.1, 0.15) is 17.7 Å². The van der Waals surface area contributed by atoms with Gasteiger partial charge in [-0.2, -0.15) is 0 Å². The minimum absolute atomic E-state index is 0.0174. The van der Waals surface area contributed by atoms with Gasteiger partial charge in [-0.25, -0.2) is 18.6 Å². The van der Waals surface area contributed by atoms with Crippen LogP contribution < -0.4 is 15.1 Å². The maximum Gasteiger partial charge on any atom is 0.323 e. The molecule has 0 bridgehead atoms. The van der Waals surface area contributed by atoms with Crippen molar-refractivity contribution in [1.82, 2.24) is 10.3 Å². The lowest BCUT2D eigenvalue weighted by Crippen LogP contribution is -2.37. The minimum Gasteiger partial charge on any atom is -0.336 e. The Morgan fingerprint density at radius 2 is 2.15 bits per heavy atom. The average Bonchev–Trinajstić information content (AvgIpc) is 3.22. The Bertz CT molecular complexity index is 886. The van der Waals surface area contributed by atoms with E-state index >= 15 is 0 Å². The molecule has 1 aromatic heterocycles. The quantitative estimate of drug-likeness (QED) is 0.892. The number of carbonyl (C=O) groups is 2. The Hall–Kier alpha value is -2.55. The number of amides is 3. The van der Waals surface area contributed by atoms with E-state index in [9.17, 15) is 18.4 Å². The maximum atomic E-state index is 14.0. The van der Waals surface area contributed by atoms with Crippen LogP contribution in [0.3, 0.4) is 0 Å². The largest absolute Gasteiger partial charge is 0.336 e. The number of halogens is 2. The molecule has 3 heterocycles. The van der Waals surface area contributed by atoms with Gasteiger partial charge in [-0.05, 0) is 18.9 Å². The van der Waals surface area contributed by atoms with Gasteiger partial charge >= 0.3 is 6.03 Å². The summed E-state index contributed by atoms with van der Waals surface area (Å²) in [6.07, 6.45) is 1.12. The van der Waals surface area contributed by atoms with Crippen molar-refractivity contribution >= 4 is 34.1 Å². The first-order chi connectivity index (χ1) is 12.5. The summed E-state index contributed by atoms with van der Waals surface area (Å²) in [5.74, 6) is -1.58. The fourth-order valence-electron chi connectivity index (χ4n) is 3.28. The van der Waals surface area contributed by atoms with Crippen molar-refractivity contribution in [1.29, 1.82) is 0 Å². The molecule has 136 valence electrons. The van der Waals surface area contributed by atoms with Crippen LogP contribution in [0.4, 0.5) is 24.4 Å². The van der Waals surface area contributed by atoms with Crippen LogP contribution >= 0.6 is 11.3 Å². The molecule has 4 rings (SSSR count). The summed E-state index contributed by atoms with van der Waals surface area (Å²) in [7, 11) is 0. The highest BCUT2D eigenvalue weighted by molar-refractivity contribution is 7.14. The van der Waals surface area contributed by atoms with Crippen LogP contribution in [-0.2, 0) is 17.6 Å². The molecule has 0 atom stereocenters. The summed E-state index contributed by atoms with van der Waals surface area (Å²) in [6.45, 7) is 1.52. The molecule has 6 nitrogen and oxygen atoms in total. The van der Waals surface area contributed by atoms with Crippen LogP contribution in [0.2, 0.25) is 0 Å². The third-order valence-corrected chi connectivity index (χ3v) is 5.41. The summed E-state index contributed by atoms with van der Waals surface area (Å²) >= 11 is 1.29. The van der Waals surface area contributed by atoms with Gasteiger partial charge in [0.25, 0.3) is 0 Å². The molecule has 1 saturated heterocycles. The van der Waals surface area contributed by atoms with Crippen LogP contribution in [0.25, 0.3) is 0 Å². The van der Waals surface area contributed by atoms with Crippen molar-refractivity contribution < 1.29 is 18.4 Å². The summed E-state index contributed by atoms with van der Waals surface area (Å²) in [4.78, 5) is 31.7. The van der Waals surface area contributed by atoms with Gasteiger partial charge in [-0.15, -0.1) is 11.3 Å². The third-order valence-electron chi connectivity index (χ3n) is 4.50. The second-order valence-corrected chi connectivity index (χ2v) is 7.05. The molecule has 0 spiro atoms. The number of thiazole rings is 1. The molecular weight excluding hydrogens is 362 g/mol. The van der Waals surface area contributed by atoms with Crippen LogP contribution in [0.5, 0.6) is 0 Å². The number of benzene rings is 1. The van der Waals surface area contributed by atoms with Gasteiger partial charge in [0.15, 0.2) is 5.13 Å². The number of fused-ring (bicyclic) bond motifs is 1. The molecule has 1 fully saturated rings. The number of nitrogens with one attached hydrogen (secondary N) is 1. The fourth-order valence-corrected chi connectivity index (χ4v) is 4.13.